The summed E-state index contributed by atoms with van der Waals surface area (Å²) in [6, 6.07) is 2.19. The molecule has 0 bridgehead atoms. The van der Waals surface area contributed by atoms with Crippen molar-refractivity contribution >= 4 is 27.5 Å². The lowest BCUT2D eigenvalue weighted by Crippen LogP contribution is -2.43. The van der Waals surface area contributed by atoms with Crippen LogP contribution in [-0.2, 0) is 26.0 Å². The average molecular weight is 427 g/mol. The van der Waals surface area contributed by atoms with Gasteiger partial charge in [-0.15, -0.1) is 0 Å². The number of aryl methyl sites for hydroxylation is 1. The lowest BCUT2D eigenvalue weighted by Gasteiger charge is -2.26. The van der Waals surface area contributed by atoms with E-state index in [1.807, 2.05) is 0 Å². The molecule has 1 unspecified atom stereocenters. The minimum Gasteiger partial charge on any atom is -0.347 e. The van der Waals surface area contributed by atoms with Gasteiger partial charge in [-0.3, -0.25) is 14.5 Å². The molecule has 1 fully saturated rings. The number of hydrogen-bond donors (Lipinski definition) is 2. The zero-order chi connectivity index (χ0) is 21.2. The number of likely N-dealkylation sites (N-methyl/N-ethyl adjacent to an activating group) is 1. The molecule has 0 saturated carbocycles. The number of benzene rings is 1. The number of nitrogens with zero attached hydrogens (tertiary/aromatic N) is 2. The van der Waals surface area contributed by atoms with Crippen LogP contribution in [0.25, 0.3) is 0 Å². The predicted octanol–water partition coefficient (Wildman–Crippen LogP) is 0.931. The quantitative estimate of drug-likeness (QED) is 0.632. The number of amides is 2. The predicted molar refractivity (Wildman–Crippen MR) is 106 cm³/mol. The molecule has 1 aromatic rings. The van der Waals surface area contributed by atoms with Crippen molar-refractivity contribution in [2.24, 2.45) is 0 Å². The summed E-state index contributed by atoms with van der Waals surface area (Å²) in [7, 11) is -0.553. The van der Waals surface area contributed by atoms with E-state index in [9.17, 15) is 22.4 Å². The monoisotopic (exact) mass is 426 g/mol. The van der Waals surface area contributed by atoms with Crippen LogP contribution in [0.1, 0.15) is 31.2 Å². The second-order valence-electron chi connectivity index (χ2n) is 7.67. The summed E-state index contributed by atoms with van der Waals surface area (Å²) in [5.74, 6) is -1.04. The highest BCUT2D eigenvalue weighted by molar-refractivity contribution is 7.89. The van der Waals surface area contributed by atoms with Gasteiger partial charge in [0.05, 0.1) is 6.04 Å². The zero-order valence-electron chi connectivity index (χ0n) is 16.7. The molecule has 1 atom stereocenters. The standard InChI is InChI=1S/C19H27FN4O4S/c1-23(2)19(26)16-5-3-9-24(16)10-4-8-21-29(27,28)17-11-13-6-7-18(25)22-15(13)12-14(17)20/h11-12,16,21H,3-10H2,1-2H3,(H,22,25). The number of carbonyl (C=O) groups excluding carboxylic acids is 2. The number of sulfonamides is 1. The Bertz CT molecular complexity index is 904. The van der Waals surface area contributed by atoms with E-state index >= 15 is 0 Å². The van der Waals surface area contributed by atoms with Crippen molar-refractivity contribution in [2.75, 3.05) is 39.0 Å². The SMILES string of the molecule is CN(C)C(=O)C1CCCN1CCCNS(=O)(=O)c1cc2c(cc1F)NC(=O)CC2. The van der Waals surface area contributed by atoms with Crippen molar-refractivity contribution in [3.63, 3.8) is 0 Å². The molecular formula is C19H27FN4O4S. The van der Waals surface area contributed by atoms with Crippen molar-refractivity contribution < 1.29 is 22.4 Å². The number of hydrogen-bond acceptors (Lipinski definition) is 5. The Morgan fingerprint density at radius 3 is 2.83 bits per heavy atom. The summed E-state index contributed by atoms with van der Waals surface area (Å²) >= 11 is 0. The van der Waals surface area contributed by atoms with Crippen molar-refractivity contribution in [1.29, 1.82) is 0 Å². The maximum Gasteiger partial charge on any atom is 0.243 e. The van der Waals surface area contributed by atoms with Crippen molar-refractivity contribution in [1.82, 2.24) is 14.5 Å². The van der Waals surface area contributed by atoms with Gasteiger partial charge >= 0.3 is 0 Å². The molecule has 2 heterocycles. The second-order valence-corrected chi connectivity index (χ2v) is 9.40. The van der Waals surface area contributed by atoms with Crippen LogP contribution in [0.4, 0.5) is 10.1 Å². The third-order valence-electron chi connectivity index (χ3n) is 5.35. The fourth-order valence-corrected chi connectivity index (χ4v) is 5.01. The minimum atomic E-state index is -4.01. The molecule has 0 spiro atoms. The number of rotatable bonds is 7. The number of nitrogens with one attached hydrogen (secondary N) is 2. The van der Waals surface area contributed by atoms with Crippen LogP contribution < -0.4 is 10.0 Å². The average Bonchev–Trinajstić information content (AvgIpc) is 3.12. The van der Waals surface area contributed by atoms with Crippen LogP contribution in [0.2, 0.25) is 0 Å². The molecule has 2 amide bonds. The van der Waals surface area contributed by atoms with Crippen molar-refractivity contribution in [3.05, 3.63) is 23.5 Å². The number of halogens is 1. The lowest BCUT2D eigenvalue weighted by atomic mass is 10.0. The Morgan fingerprint density at radius 2 is 2.10 bits per heavy atom. The number of carbonyl (C=O) groups is 2. The summed E-state index contributed by atoms with van der Waals surface area (Å²) in [4.78, 5) is 26.9. The third-order valence-corrected chi connectivity index (χ3v) is 6.82. The molecule has 2 aliphatic rings. The smallest absolute Gasteiger partial charge is 0.243 e. The zero-order valence-corrected chi connectivity index (χ0v) is 17.5. The largest absolute Gasteiger partial charge is 0.347 e. The van der Waals surface area contributed by atoms with Gasteiger partial charge in [0.25, 0.3) is 0 Å². The van der Waals surface area contributed by atoms with Gasteiger partial charge in [0.2, 0.25) is 21.8 Å². The lowest BCUT2D eigenvalue weighted by molar-refractivity contribution is -0.133. The first-order valence-corrected chi connectivity index (χ1v) is 11.2. The van der Waals surface area contributed by atoms with E-state index in [-0.39, 0.29) is 30.8 Å². The molecule has 10 heteroatoms. The molecule has 160 valence electrons. The first kappa shape index (κ1) is 21.7. The van der Waals surface area contributed by atoms with Gasteiger partial charge in [0.15, 0.2) is 0 Å². The maximum atomic E-state index is 14.4. The summed E-state index contributed by atoms with van der Waals surface area (Å²) in [5.41, 5.74) is 0.928. The van der Waals surface area contributed by atoms with Crippen LogP contribution in [0.15, 0.2) is 17.0 Å². The number of anilines is 1. The van der Waals surface area contributed by atoms with Gasteiger partial charge in [-0.05, 0) is 49.9 Å². The molecule has 2 N–H and O–H groups in total. The molecule has 0 aromatic heterocycles. The molecule has 2 aliphatic heterocycles. The van der Waals surface area contributed by atoms with E-state index in [4.69, 9.17) is 0 Å². The first-order valence-electron chi connectivity index (χ1n) is 9.76. The normalized spacial score (nSPS) is 19.7. The third kappa shape index (κ3) is 4.93. The molecule has 0 aliphatic carbocycles. The summed E-state index contributed by atoms with van der Waals surface area (Å²) in [5, 5.41) is 2.55. The van der Waals surface area contributed by atoms with Gasteiger partial charge in [-0.1, -0.05) is 0 Å². The van der Waals surface area contributed by atoms with Crippen molar-refractivity contribution in [2.45, 2.75) is 43.0 Å². The molecule has 1 saturated heterocycles. The highest BCUT2D eigenvalue weighted by atomic mass is 32.2. The van der Waals surface area contributed by atoms with Gasteiger partial charge in [-0.2, -0.15) is 0 Å². The first-order chi connectivity index (χ1) is 13.7. The molecule has 29 heavy (non-hydrogen) atoms. The second kappa shape index (κ2) is 8.76. The van der Waals surface area contributed by atoms with E-state index in [1.165, 1.54) is 6.07 Å². The van der Waals surface area contributed by atoms with Crippen LogP contribution in [0, 0.1) is 5.82 Å². The number of likely N-dealkylation sites (tertiary alicyclic amines) is 1. The molecular weight excluding hydrogens is 399 g/mol. The fourth-order valence-electron chi connectivity index (χ4n) is 3.82. The van der Waals surface area contributed by atoms with E-state index in [0.717, 1.165) is 25.5 Å². The van der Waals surface area contributed by atoms with Crippen LogP contribution in [0.3, 0.4) is 0 Å². The molecule has 1 aromatic carbocycles. The highest BCUT2D eigenvalue weighted by Crippen LogP contribution is 2.28. The summed E-state index contributed by atoms with van der Waals surface area (Å²) in [6.07, 6.45) is 2.87. The Balaban J connectivity index is 1.58. The van der Waals surface area contributed by atoms with E-state index in [2.05, 4.69) is 14.9 Å². The summed E-state index contributed by atoms with van der Waals surface area (Å²) < 4.78 is 41.9. The van der Waals surface area contributed by atoms with Gasteiger partial charge < -0.3 is 10.2 Å². The molecule has 8 nitrogen and oxygen atoms in total. The number of fused-ring (bicyclic) bond motifs is 1. The fraction of sp³-hybridized carbons (Fsp3) is 0.579. The van der Waals surface area contributed by atoms with Crippen LogP contribution in [-0.4, -0.2) is 69.8 Å². The van der Waals surface area contributed by atoms with Crippen molar-refractivity contribution in [3.8, 4) is 0 Å². The van der Waals surface area contributed by atoms with Crippen LogP contribution >= 0.6 is 0 Å². The maximum absolute atomic E-state index is 14.4. The van der Waals surface area contributed by atoms with E-state index < -0.39 is 20.7 Å². The van der Waals surface area contributed by atoms with Gasteiger partial charge in [0, 0.05) is 39.3 Å². The molecule has 3 rings (SSSR count). The Labute approximate surface area is 170 Å². The van der Waals surface area contributed by atoms with Gasteiger partial charge in [-0.25, -0.2) is 17.5 Å². The Kier molecular flexibility index (Phi) is 6.55. The Morgan fingerprint density at radius 1 is 1.34 bits per heavy atom. The topological polar surface area (TPSA) is 98.8 Å². The minimum absolute atomic E-state index is 0.0614. The molecule has 0 radical (unpaired) electrons. The Hall–Kier alpha value is -2.04. The summed E-state index contributed by atoms with van der Waals surface area (Å²) in [6.45, 7) is 1.54. The van der Waals surface area contributed by atoms with Gasteiger partial charge in [0.1, 0.15) is 10.7 Å². The highest BCUT2D eigenvalue weighted by Gasteiger charge is 2.31. The van der Waals surface area contributed by atoms with Crippen LogP contribution in [0.5, 0.6) is 0 Å². The van der Waals surface area contributed by atoms with E-state index in [1.54, 1.807) is 19.0 Å². The van der Waals surface area contributed by atoms with E-state index in [0.29, 0.717) is 30.6 Å².